The van der Waals surface area contributed by atoms with Gasteiger partial charge in [0.2, 0.25) is 0 Å². The van der Waals surface area contributed by atoms with Gasteiger partial charge in [-0.05, 0) is 33.1 Å². The van der Waals surface area contributed by atoms with E-state index in [-0.39, 0.29) is 6.09 Å². The van der Waals surface area contributed by atoms with E-state index in [0.717, 1.165) is 6.42 Å². The predicted molar refractivity (Wildman–Crippen MR) is 55.7 cm³/mol. The minimum absolute atomic E-state index is 0.261. The Balaban J connectivity index is 2.37. The van der Waals surface area contributed by atoms with Crippen LogP contribution in [0.2, 0.25) is 0 Å². The molecule has 5 nitrogen and oxygen atoms in total. The number of hydrogen-bond acceptors (Lipinski definition) is 4. The first-order chi connectivity index (χ1) is 6.92. The summed E-state index contributed by atoms with van der Waals surface area (Å²) in [5, 5.41) is 8.55. The van der Waals surface area contributed by atoms with Crippen molar-refractivity contribution in [2.75, 3.05) is 19.6 Å². The first-order valence-electron chi connectivity index (χ1n) is 5.27. The molecule has 2 N–H and O–H groups in total. The van der Waals surface area contributed by atoms with E-state index in [1.807, 2.05) is 20.8 Å². The highest BCUT2D eigenvalue weighted by atomic mass is 16.6. The average molecular weight is 216 g/mol. The number of ether oxygens (including phenoxy) is 1. The number of hydroxylamine groups is 1. The fraction of sp³-hybridized carbons (Fsp3) is 0.900. The Morgan fingerprint density at radius 1 is 1.60 bits per heavy atom. The van der Waals surface area contributed by atoms with Gasteiger partial charge >= 0.3 is 6.09 Å². The maximum atomic E-state index is 11.6. The molecule has 1 amide bonds. The van der Waals surface area contributed by atoms with E-state index < -0.39 is 5.60 Å². The van der Waals surface area contributed by atoms with Gasteiger partial charge in [-0.2, -0.15) is 0 Å². The molecule has 0 radical (unpaired) electrons. The molecule has 1 fully saturated rings. The number of likely N-dealkylation sites (tertiary alicyclic amines) is 1. The third-order valence-electron chi connectivity index (χ3n) is 2.32. The highest BCUT2D eigenvalue weighted by Gasteiger charge is 2.29. The van der Waals surface area contributed by atoms with Gasteiger partial charge in [0, 0.05) is 19.6 Å². The van der Waals surface area contributed by atoms with Crippen LogP contribution in [0.4, 0.5) is 4.79 Å². The topological polar surface area (TPSA) is 61.8 Å². The van der Waals surface area contributed by atoms with E-state index >= 15 is 0 Å². The molecule has 15 heavy (non-hydrogen) atoms. The minimum Gasteiger partial charge on any atom is -0.444 e. The lowest BCUT2D eigenvalue weighted by atomic mass is 10.1. The Bertz CT molecular complexity index is 225. The van der Waals surface area contributed by atoms with Gasteiger partial charge in [-0.15, -0.1) is 0 Å². The number of hydrogen-bond donors (Lipinski definition) is 2. The lowest BCUT2D eigenvalue weighted by Crippen LogP contribution is -2.36. The zero-order chi connectivity index (χ0) is 11.5. The molecular weight excluding hydrogens is 196 g/mol. The van der Waals surface area contributed by atoms with E-state index in [1.165, 1.54) is 0 Å². The summed E-state index contributed by atoms with van der Waals surface area (Å²) in [6, 6.07) is 0. The van der Waals surface area contributed by atoms with Crippen molar-refractivity contribution in [3.8, 4) is 0 Å². The quantitative estimate of drug-likeness (QED) is 0.681. The standard InChI is InChI=1S/C10H20N2O3/c1-10(2,3)15-9(13)12-5-4-8(7-12)6-11-14/h8,11,14H,4-7H2,1-3H3. The van der Waals surface area contributed by atoms with Crippen molar-refractivity contribution in [3.63, 3.8) is 0 Å². The molecular formula is C10H20N2O3. The van der Waals surface area contributed by atoms with Gasteiger partial charge in [0.25, 0.3) is 0 Å². The van der Waals surface area contributed by atoms with Gasteiger partial charge in [-0.3, -0.25) is 0 Å². The first-order valence-corrected chi connectivity index (χ1v) is 5.27. The van der Waals surface area contributed by atoms with Crippen molar-refractivity contribution in [2.24, 2.45) is 5.92 Å². The van der Waals surface area contributed by atoms with E-state index in [4.69, 9.17) is 9.94 Å². The van der Waals surface area contributed by atoms with Gasteiger partial charge < -0.3 is 14.8 Å². The Labute approximate surface area is 90.4 Å². The second-order valence-electron chi connectivity index (χ2n) is 4.94. The molecule has 0 aromatic carbocycles. The summed E-state index contributed by atoms with van der Waals surface area (Å²) >= 11 is 0. The van der Waals surface area contributed by atoms with Gasteiger partial charge in [-0.1, -0.05) is 0 Å². The number of carbonyl (C=O) groups is 1. The van der Waals surface area contributed by atoms with Crippen LogP contribution in [0.15, 0.2) is 0 Å². The van der Waals surface area contributed by atoms with Crippen molar-refractivity contribution in [1.29, 1.82) is 0 Å². The van der Waals surface area contributed by atoms with Crippen molar-refractivity contribution < 1.29 is 14.7 Å². The summed E-state index contributed by atoms with van der Waals surface area (Å²) < 4.78 is 5.25. The lowest BCUT2D eigenvalue weighted by Gasteiger charge is -2.24. The molecule has 0 bridgehead atoms. The fourth-order valence-electron chi connectivity index (χ4n) is 1.62. The zero-order valence-electron chi connectivity index (χ0n) is 9.62. The summed E-state index contributed by atoms with van der Waals surface area (Å²) in [6.07, 6.45) is 0.648. The first kappa shape index (κ1) is 12.3. The Hall–Kier alpha value is -0.810. The van der Waals surface area contributed by atoms with Gasteiger partial charge in [-0.25, -0.2) is 10.3 Å². The summed E-state index contributed by atoms with van der Waals surface area (Å²) in [5.41, 5.74) is 1.70. The SMILES string of the molecule is CC(C)(C)OC(=O)N1CCC(CNO)C1. The van der Waals surface area contributed by atoms with Crippen LogP contribution in [0.5, 0.6) is 0 Å². The normalized spacial score (nSPS) is 21.9. The summed E-state index contributed by atoms with van der Waals surface area (Å²) in [4.78, 5) is 13.3. The smallest absolute Gasteiger partial charge is 0.410 e. The Morgan fingerprint density at radius 3 is 2.80 bits per heavy atom. The van der Waals surface area contributed by atoms with E-state index in [9.17, 15) is 4.79 Å². The largest absolute Gasteiger partial charge is 0.444 e. The molecule has 88 valence electrons. The van der Waals surface area contributed by atoms with Gasteiger partial charge in [0.15, 0.2) is 0 Å². The van der Waals surface area contributed by atoms with Crippen LogP contribution in [0.3, 0.4) is 0 Å². The highest BCUT2D eigenvalue weighted by molar-refractivity contribution is 5.68. The van der Waals surface area contributed by atoms with Crippen LogP contribution < -0.4 is 5.48 Å². The van der Waals surface area contributed by atoms with E-state index in [1.54, 1.807) is 4.90 Å². The van der Waals surface area contributed by atoms with Crippen molar-refractivity contribution in [1.82, 2.24) is 10.4 Å². The third kappa shape index (κ3) is 4.05. The molecule has 1 atom stereocenters. The second kappa shape index (κ2) is 4.81. The molecule has 1 rings (SSSR count). The Kier molecular flexibility index (Phi) is 3.93. The maximum absolute atomic E-state index is 11.6. The molecule has 1 unspecified atom stereocenters. The molecule has 1 aliphatic heterocycles. The second-order valence-corrected chi connectivity index (χ2v) is 4.94. The van der Waals surface area contributed by atoms with Crippen molar-refractivity contribution >= 4 is 6.09 Å². The number of nitrogens with one attached hydrogen (secondary N) is 1. The van der Waals surface area contributed by atoms with Crippen molar-refractivity contribution in [3.05, 3.63) is 0 Å². The Morgan fingerprint density at radius 2 is 2.27 bits per heavy atom. The maximum Gasteiger partial charge on any atom is 0.410 e. The van der Waals surface area contributed by atoms with E-state index in [0.29, 0.717) is 25.6 Å². The van der Waals surface area contributed by atoms with Crippen LogP contribution in [0.25, 0.3) is 0 Å². The predicted octanol–water partition coefficient (Wildman–Crippen LogP) is 1.22. The third-order valence-corrected chi connectivity index (χ3v) is 2.32. The zero-order valence-corrected chi connectivity index (χ0v) is 9.62. The summed E-state index contributed by atoms with van der Waals surface area (Å²) in [7, 11) is 0. The minimum atomic E-state index is -0.440. The fourth-order valence-corrected chi connectivity index (χ4v) is 1.62. The monoisotopic (exact) mass is 216 g/mol. The molecule has 0 aromatic heterocycles. The average Bonchev–Trinajstić information content (AvgIpc) is 2.50. The molecule has 0 saturated carbocycles. The number of nitrogens with zero attached hydrogens (tertiary/aromatic N) is 1. The van der Waals surface area contributed by atoms with Crippen LogP contribution >= 0.6 is 0 Å². The van der Waals surface area contributed by atoms with Gasteiger partial charge in [0.05, 0.1) is 0 Å². The van der Waals surface area contributed by atoms with Crippen molar-refractivity contribution in [2.45, 2.75) is 32.8 Å². The molecule has 5 heteroatoms. The number of amides is 1. The molecule has 1 saturated heterocycles. The molecule has 1 aliphatic rings. The van der Waals surface area contributed by atoms with Crippen LogP contribution in [-0.2, 0) is 4.74 Å². The number of carbonyl (C=O) groups excluding carboxylic acids is 1. The molecule has 0 aromatic rings. The van der Waals surface area contributed by atoms with Crippen LogP contribution in [0.1, 0.15) is 27.2 Å². The molecule has 1 heterocycles. The number of rotatable bonds is 2. The lowest BCUT2D eigenvalue weighted by molar-refractivity contribution is 0.0284. The molecule has 0 aliphatic carbocycles. The highest BCUT2D eigenvalue weighted by Crippen LogP contribution is 2.18. The van der Waals surface area contributed by atoms with Gasteiger partial charge in [0.1, 0.15) is 5.60 Å². The van der Waals surface area contributed by atoms with E-state index in [2.05, 4.69) is 5.48 Å². The summed E-state index contributed by atoms with van der Waals surface area (Å²) in [6.45, 7) is 7.46. The molecule has 0 spiro atoms. The van der Waals surface area contributed by atoms with Crippen LogP contribution in [-0.4, -0.2) is 41.4 Å². The summed E-state index contributed by atoms with van der Waals surface area (Å²) in [5.74, 6) is 0.322. The van der Waals surface area contributed by atoms with Crippen LogP contribution in [0, 0.1) is 5.92 Å².